The van der Waals surface area contributed by atoms with Crippen LogP contribution < -0.4 is 11.1 Å². The largest absolute Gasteiger partial charge is 0.370 e. The number of nitrogens with one attached hydrogen (secondary N) is 1. The van der Waals surface area contributed by atoms with E-state index >= 15 is 0 Å². The Balaban J connectivity index is 0.00000256. The van der Waals surface area contributed by atoms with E-state index in [9.17, 15) is 0 Å². The molecule has 0 aliphatic rings. The van der Waals surface area contributed by atoms with E-state index in [0.29, 0.717) is 19.0 Å². The number of nitrogens with zero attached hydrogens (tertiary/aromatic N) is 4. The lowest BCUT2D eigenvalue weighted by molar-refractivity contribution is 0.728. The maximum absolute atomic E-state index is 5.64. The summed E-state index contributed by atoms with van der Waals surface area (Å²) in [4.78, 5) is 8.20. The van der Waals surface area contributed by atoms with Crippen LogP contribution in [0.4, 0.5) is 0 Å². The molecule has 0 bridgehead atoms. The molecule has 3 N–H and O–H groups in total. The molecular formula is C10H19IN6. The van der Waals surface area contributed by atoms with Crippen LogP contribution in [0.25, 0.3) is 0 Å². The first-order valence-electron chi connectivity index (χ1n) is 5.10. The summed E-state index contributed by atoms with van der Waals surface area (Å²) in [6.45, 7) is 6.89. The zero-order valence-corrected chi connectivity index (χ0v) is 12.5. The molecule has 0 unspecified atom stereocenters. The molecule has 0 radical (unpaired) electrons. The average Bonchev–Trinajstić information content (AvgIpc) is 2.61. The number of guanidine groups is 1. The van der Waals surface area contributed by atoms with Crippen LogP contribution in [-0.2, 0) is 13.5 Å². The molecule has 0 aromatic carbocycles. The Morgan fingerprint density at radius 3 is 2.88 bits per heavy atom. The molecule has 0 aliphatic heterocycles. The van der Waals surface area contributed by atoms with Gasteiger partial charge >= 0.3 is 0 Å². The number of hydrogen-bond donors (Lipinski definition) is 2. The minimum Gasteiger partial charge on any atom is -0.370 e. The van der Waals surface area contributed by atoms with Gasteiger partial charge in [0.05, 0.1) is 6.54 Å². The molecule has 0 saturated carbocycles. The van der Waals surface area contributed by atoms with E-state index in [1.807, 2.05) is 14.0 Å². The number of aryl methyl sites for hydroxylation is 1. The minimum absolute atomic E-state index is 0. The second-order valence-corrected chi connectivity index (χ2v) is 3.67. The van der Waals surface area contributed by atoms with Gasteiger partial charge in [0.25, 0.3) is 0 Å². The molecule has 1 heterocycles. The van der Waals surface area contributed by atoms with Crippen molar-refractivity contribution in [2.45, 2.75) is 13.3 Å². The molecule has 0 saturated heterocycles. The third kappa shape index (κ3) is 6.93. The normalized spacial score (nSPS) is 10.8. The summed E-state index contributed by atoms with van der Waals surface area (Å²) < 4.78 is 1.67. The number of aromatic nitrogens is 3. The van der Waals surface area contributed by atoms with Crippen LogP contribution in [0.5, 0.6) is 0 Å². The Bertz CT molecular complexity index is 384. The molecule has 6 nitrogen and oxygen atoms in total. The first-order valence-corrected chi connectivity index (χ1v) is 5.10. The van der Waals surface area contributed by atoms with Gasteiger partial charge in [-0.1, -0.05) is 12.2 Å². The molecule has 1 aromatic heterocycles. The highest BCUT2D eigenvalue weighted by atomic mass is 127. The van der Waals surface area contributed by atoms with Crippen molar-refractivity contribution in [3.8, 4) is 0 Å². The summed E-state index contributed by atoms with van der Waals surface area (Å²) in [6.07, 6.45) is 2.40. The molecule has 17 heavy (non-hydrogen) atoms. The molecule has 0 aliphatic carbocycles. The van der Waals surface area contributed by atoms with Gasteiger partial charge in [-0.3, -0.25) is 4.68 Å². The second-order valence-electron chi connectivity index (χ2n) is 3.67. The summed E-state index contributed by atoms with van der Waals surface area (Å²) in [5.41, 5.74) is 6.63. The van der Waals surface area contributed by atoms with Gasteiger partial charge in [0.15, 0.2) is 11.8 Å². The molecule has 1 aromatic rings. The topological polar surface area (TPSA) is 81.1 Å². The Kier molecular flexibility index (Phi) is 7.51. The highest BCUT2D eigenvalue weighted by Gasteiger charge is 1.98. The molecular weight excluding hydrogens is 331 g/mol. The fourth-order valence-corrected chi connectivity index (χ4v) is 1.08. The van der Waals surface area contributed by atoms with Crippen LogP contribution in [0.15, 0.2) is 23.5 Å². The van der Waals surface area contributed by atoms with E-state index in [4.69, 9.17) is 5.73 Å². The molecule has 0 spiro atoms. The third-order valence-electron chi connectivity index (χ3n) is 1.82. The maximum Gasteiger partial charge on any atom is 0.188 e. The van der Waals surface area contributed by atoms with Crippen molar-refractivity contribution in [3.63, 3.8) is 0 Å². The summed E-state index contributed by atoms with van der Waals surface area (Å²) in [6, 6.07) is 0. The van der Waals surface area contributed by atoms with E-state index in [0.717, 1.165) is 17.8 Å². The van der Waals surface area contributed by atoms with E-state index in [1.54, 1.807) is 11.0 Å². The van der Waals surface area contributed by atoms with Gasteiger partial charge in [0.1, 0.15) is 6.33 Å². The maximum atomic E-state index is 5.64. The average molecular weight is 350 g/mol. The molecule has 96 valence electrons. The number of rotatable bonds is 5. The molecule has 7 heteroatoms. The van der Waals surface area contributed by atoms with Crippen LogP contribution in [0.2, 0.25) is 0 Å². The monoisotopic (exact) mass is 350 g/mol. The predicted molar refractivity (Wildman–Crippen MR) is 79.4 cm³/mol. The van der Waals surface area contributed by atoms with E-state index in [1.165, 1.54) is 0 Å². The minimum atomic E-state index is 0. The fraction of sp³-hybridized carbons (Fsp3) is 0.500. The van der Waals surface area contributed by atoms with Gasteiger partial charge in [-0.05, 0) is 6.92 Å². The van der Waals surface area contributed by atoms with Crippen molar-refractivity contribution in [2.75, 3.05) is 13.1 Å². The first kappa shape index (κ1) is 15.9. The van der Waals surface area contributed by atoms with Gasteiger partial charge < -0.3 is 11.1 Å². The Hall–Kier alpha value is -1.12. The number of hydrogen-bond acceptors (Lipinski definition) is 3. The van der Waals surface area contributed by atoms with Crippen molar-refractivity contribution in [3.05, 3.63) is 24.3 Å². The number of nitrogens with two attached hydrogens (primary N) is 1. The summed E-state index contributed by atoms with van der Waals surface area (Å²) in [7, 11) is 1.84. The van der Waals surface area contributed by atoms with Crippen LogP contribution >= 0.6 is 24.0 Å². The highest BCUT2D eigenvalue weighted by Crippen LogP contribution is 1.88. The van der Waals surface area contributed by atoms with Gasteiger partial charge in [-0.15, -0.1) is 24.0 Å². The smallest absolute Gasteiger partial charge is 0.188 e. The quantitative estimate of drug-likeness (QED) is 0.350. The van der Waals surface area contributed by atoms with Crippen molar-refractivity contribution in [2.24, 2.45) is 17.8 Å². The molecule has 0 fully saturated rings. The van der Waals surface area contributed by atoms with Gasteiger partial charge in [0.2, 0.25) is 0 Å². The lowest BCUT2D eigenvalue weighted by Gasteiger charge is -2.03. The summed E-state index contributed by atoms with van der Waals surface area (Å²) in [5.74, 6) is 1.22. The van der Waals surface area contributed by atoms with Crippen LogP contribution in [-0.4, -0.2) is 33.8 Å². The van der Waals surface area contributed by atoms with E-state index in [2.05, 4.69) is 27.0 Å². The summed E-state index contributed by atoms with van der Waals surface area (Å²) >= 11 is 0. The van der Waals surface area contributed by atoms with Crippen LogP contribution in [0, 0.1) is 0 Å². The second kappa shape index (κ2) is 8.04. The lowest BCUT2D eigenvalue weighted by Crippen LogP contribution is -2.33. The zero-order valence-electron chi connectivity index (χ0n) is 10.2. The summed E-state index contributed by atoms with van der Waals surface area (Å²) in [5, 5.41) is 7.15. The van der Waals surface area contributed by atoms with Gasteiger partial charge in [-0.2, -0.15) is 5.10 Å². The fourth-order valence-electron chi connectivity index (χ4n) is 1.08. The van der Waals surface area contributed by atoms with E-state index < -0.39 is 0 Å². The van der Waals surface area contributed by atoms with Crippen molar-refractivity contribution < 1.29 is 0 Å². The highest BCUT2D eigenvalue weighted by molar-refractivity contribution is 14.0. The van der Waals surface area contributed by atoms with Crippen molar-refractivity contribution in [1.29, 1.82) is 0 Å². The number of halogens is 1. The molecule has 0 atom stereocenters. The van der Waals surface area contributed by atoms with Gasteiger partial charge in [-0.25, -0.2) is 9.98 Å². The predicted octanol–water partition coefficient (Wildman–Crippen LogP) is 0.456. The SMILES string of the molecule is C=C(C)CN=C(N)NCCc1ncn(C)n1.I. The standard InChI is InChI=1S/C10H18N6.HI/c1-8(2)6-13-10(11)12-5-4-9-14-7-16(3)15-9;/h7H,1,4-6H2,2-3H3,(H3,11,12,13);1H. The lowest BCUT2D eigenvalue weighted by atomic mass is 10.4. The Morgan fingerprint density at radius 1 is 1.65 bits per heavy atom. The Labute approximate surface area is 118 Å². The van der Waals surface area contributed by atoms with Crippen molar-refractivity contribution in [1.82, 2.24) is 20.1 Å². The Morgan fingerprint density at radius 2 is 2.35 bits per heavy atom. The number of aliphatic imine (C=N–C) groups is 1. The van der Waals surface area contributed by atoms with Gasteiger partial charge in [0, 0.05) is 20.0 Å². The van der Waals surface area contributed by atoms with E-state index in [-0.39, 0.29) is 24.0 Å². The van der Waals surface area contributed by atoms with Crippen LogP contribution in [0.3, 0.4) is 0 Å². The third-order valence-corrected chi connectivity index (χ3v) is 1.82. The van der Waals surface area contributed by atoms with Crippen molar-refractivity contribution >= 4 is 29.9 Å². The first-order chi connectivity index (χ1) is 7.58. The molecule has 0 amide bonds. The molecule has 1 rings (SSSR count). The van der Waals surface area contributed by atoms with Crippen LogP contribution in [0.1, 0.15) is 12.7 Å². The zero-order chi connectivity index (χ0) is 12.0.